The minimum Gasteiger partial charge on any atom is -0.459 e. The fourth-order valence-electron chi connectivity index (χ4n) is 3.43. The van der Waals surface area contributed by atoms with Gasteiger partial charge < -0.3 is 18.9 Å². The standard InChI is InChI=1S/C27H20NO7/c28-16-21-23(34-26(30)19-12-6-2-7-13-19)24(35-27(31)20-14-8-3-9-15-20)22(33-21)17-32-25(29)18-10-4-1-5-11-18/h1-15,21,23-24H,17H2/t21-,23-,24+/m0/s1. The van der Waals surface area contributed by atoms with Crippen LogP contribution in [-0.2, 0) is 18.9 Å². The number of hydrogen-bond acceptors (Lipinski definition) is 8. The molecule has 0 aromatic heterocycles. The van der Waals surface area contributed by atoms with Gasteiger partial charge in [0.1, 0.15) is 6.61 Å². The Morgan fingerprint density at radius 1 is 0.714 bits per heavy atom. The van der Waals surface area contributed by atoms with Gasteiger partial charge in [-0.1, -0.05) is 54.6 Å². The lowest BCUT2D eigenvalue weighted by Crippen LogP contribution is -2.39. The van der Waals surface area contributed by atoms with Gasteiger partial charge in [0.15, 0.2) is 24.4 Å². The number of nitriles is 1. The Kier molecular flexibility index (Phi) is 7.50. The third kappa shape index (κ3) is 5.72. The summed E-state index contributed by atoms with van der Waals surface area (Å²) in [5.41, 5.74) is 0.816. The van der Waals surface area contributed by atoms with Gasteiger partial charge in [-0.05, 0) is 36.4 Å². The van der Waals surface area contributed by atoms with Crippen LogP contribution >= 0.6 is 0 Å². The van der Waals surface area contributed by atoms with Gasteiger partial charge in [-0.25, -0.2) is 14.4 Å². The van der Waals surface area contributed by atoms with Crippen molar-refractivity contribution < 1.29 is 33.3 Å². The van der Waals surface area contributed by atoms with Crippen LogP contribution < -0.4 is 0 Å². The molecular formula is C27H20NO7. The fraction of sp³-hybridized carbons (Fsp3) is 0.148. The zero-order chi connectivity index (χ0) is 24.6. The third-order valence-electron chi connectivity index (χ3n) is 5.17. The van der Waals surface area contributed by atoms with Crippen LogP contribution in [0.25, 0.3) is 0 Å². The third-order valence-corrected chi connectivity index (χ3v) is 5.17. The molecule has 0 aliphatic carbocycles. The predicted molar refractivity (Wildman–Crippen MR) is 122 cm³/mol. The summed E-state index contributed by atoms with van der Waals surface area (Å²) in [6.07, 6.45) is -3.84. The van der Waals surface area contributed by atoms with Crippen molar-refractivity contribution in [2.75, 3.05) is 6.61 Å². The van der Waals surface area contributed by atoms with Crippen molar-refractivity contribution in [1.82, 2.24) is 0 Å². The summed E-state index contributed by atoms with van der Waals surface area (Å²) >= 11 is 0. The van der Waals surface area contributed by atoms with Gasteiger partial charge in [-0.15, -0.1) is 0 Å². The molecule has 0 spiro atoms. The highest BCUT2D eigenvalue weighted by molar-refractivity contribution is 5.91. The second-order valence-electron chi connectivity index (χ2n) is 7.50. The maximum atomic E-state index is 12.8. The molecule has 1 saturated heterocycles. The van der Waals surface area contributed by atoms with Crippen molar-refractivity contribution in [1.29, 1.82) is 5.26 Å². The fourth-order valence-corrected chi connectivity index (χ4v) is 3.43. The van der Waals surface area contributed by atoms with Gasteiger partial charge in [0, 0.05) is 0 Å². The van der Waals surface area contributed by atoms with E-state index in [9.17, 15) is 19.6 Å². The Bertz CT molecular complexity index is 1210. The SMILES string of the molecule is N#C[C@@H]1O[C](COC(=O)c2ccccc2)[C@@H](OC(=O)c2ccccc2)[C@H]1OC(=O)c1ccccc1. The van der Waals surface area contributed by atoms with E-state index in [1.165, 1.54) is 0 Å². The molecular weight excluding hydrogens is 450 g/mol. The van der Waals surface area contributed by atoms with Crippen LogP contribution in [0.4, 0.5) is 0 Å². The molecule has 3 atom stereocenters. The average molecular weight is 470 g/mol. The first-order chi connectivity index (χ1) is 17.1. The van der Waals surface area contributed by atoms with Gasteiger partial charge in [0.2, 0.25) is 0 Å². The van der Waals surface area contributed by atoms with Gasteiger partial charge in [0.05, 0.1) is 22.8 Å². The van der Waals surface area contributed by atoms with Crippen LogP contribution in [0, 0.1) is 17.4 Å². The van der Waals surface area contributed by atoms with Gasteiger partial charge in [0.25, 0.3) is 0 Å². The summed E-state index contributed by atoms with van der Waals surface area (Å²) < 4.78 is 22.1. The molecule has 1 fully saturated rings. The van der Waals surface area contributed by atoms with Gasteiger partial charge in [-0.3, -0.25) is 0 Å². The normalized spacial score (nSPS) is 19.3. The van der Waals surface area contributed by atoms with Crippen molar-refractivity contribution >= 4 is 17.9 Å². The second kappa shape index (κ2) is 11.1. The topological polar surface area (TPSA) is 112 Å². The first kappa shape index (κ1) is 23.7. The lowest BCUT2D eigenvalue weighted by Gasteiger charge is -2.22. The number of hydrogen-bond donors (Lipinski definition) is 0. The molecule has 1 aliphatic rings. The van der Waals surface area contributed by atoms with Gasteiger partial charge in [-0.2, -0.15) is 5.26 Å². The zero-order valence-corrected chi connectivity index (χ0v) is 18.4. The van der Waals surface area contributed by atoms with Crippen molar-refractivity contribution in [3.8, 4) is 6.07 Å². The van der Waals surface area contributed by atoms with Crippen LogP contribution in [0.1, 0.15) is 31.1 Å². The highest BCUT2D eigenvalue weighted by atomic mass is 16.6. The molecule has 1 radical (unpaired) electrons. The summed E-state index contributed by atoms with van der Waals surface area (Å²) in [4.78, 5) is 37.9. The van der Waals surface area contributed by atoms with E-state index in [0.29, 0.717) is 5.56 Å². The first-order valence-electron chi connectivity index (χ1n) is 10.7. The van der Waals surface area contributed by atoms with E-state index in [1.54, 1.807) is 91.0 Å². The molecule has 3 aromatic carbocycles. The summed E-state index contributed by atoms with van der Waals surface area (Å²) in [7, 11) is 0. The molecule has 1 heterocycles. The minimum absolute atomic E-state index is 0.0176. The Labute approximate surface area is 201 Å². The van der Waals surface area contributed by atoms with Crippen molar-refractivity contribution in [3.05, 3.63) is 114 Å². The quantitative estimate of drug-likeness (QED) is 0.379. The molecule has 3 aromatic rings. The molecule has 0 N–H and O–H groups in total. The molecule has 4 rings (SSSR count). The molecule has 35 heavy (non-hydrogen) atoms. The van der Waals surface area contributed by atoms with E-state index in [4.69, 9.17) is 18.9 Å². The molecule has 0 bridgehead atoms. The van der Waals surface area contributed by atoms with E-state index in [-0.39, 0.29) is 17.2 Å². The lowest BCUT2D eigenvalue weighted by atomic mass is 10.1. The Morgan fingerprint density at radius 3 is 1.66 bits per heavy atom. The number of carbonyl (C=O) groups is 3. The van der Waals surface area contributed by atoms with Crippen LogP contribution in [0.2, 0.25) is 0 Å². The van der Waals surface area contributed by atoms with Crippen molar-refractivity contribution in [2.24, 2.45) is 0 Å². The van der Waals surface area contributed by atoms with E-state index in [2.05, 4.69) is 0 Å². The summed E-state index contributed by atoms with van der Waals surface area (Å²) in [5.74, 6) is -2.07. The Balaban J connectivity index is 1.55. The number of rotatable bonds is 7. The summed E-state index contributed by atoms with van der Waals surface area (Å²) in [6.45, 7) is -0.405. The molecule has 0 amide bonds. The van der Waals surface area contributed by atoms with Crippen LogP contribution in [0.3, 0.4) is 0 Å². The molecule has 0 saturated carbocycles. The number of benzene rings is 3. The lowest BCUT2D eigenvalue weighted by molar-refractivity contribution is -0.0241. The predicted octanol–water partition coefficient (Wildman–Crippen LogP) is 3.75. The number of ether oxygens (including phenoxy) is 4. The van der Waals surface area contributed by atoms with Crippen LogP contribution in [0.15, 0.2) is 91.0 Å². The molecule has 0 unspecified atom stereocenters. The monoisotopic (exact) mass is 470 g/mol. The van der Waals surface area contributed by atoms with Crippen molar-refractivity contribution in [3.63, 3.8) is 0 Å². The van der Waals surface area contributed by atoms with E-state index >= 15 is 0 Å². The Hall–Kier alpha value is -4.48. The first-order valence-corrected chi connectivity index (χ1v) is 10.7. The smallest absolute Gasteiger partial charge is 0.338 e. The van der Waals surface area contributed by atoms with Crippen LogP contribution in [-0.4, -0.2) is 42.8 Å². The number of nitrogens with zero attached hydrogens (tertiary/aromatic N) is 1. The second-order valence-corrected chi connectivity index (χ2v) is 7.50. The van der Waals surface area contributed by atoms with E-state index < -0.39 is 42.8 Å². The summed E-state index contributed by atoms with van der Waals surface area (Å²) in [5, 5.41) is 9.63. The number of carbonyl (C=O) groups excluding carboxylic acids is 3. The zero-order valence-electron chi connectivity index (χ0n) is 18.4. The maximum absolute atomic E-state index is 12.8. The largest absolute Gasteiger partial charge is 0.459 e. The molecule has 8 heteroatoms. The summed E-state index contributed by atoms with van der Waals surface area (Å²) in [6, 6.07) is 26.6. The average Bonchev–Trinajstić information content (AvgIpc) is 3.24. The maximum Gasteiger partial charge on any atom is 0.338 e. The highest BCUT2D eigenvalue weighted by Crippen LogP contribution is 2.33. The van der Waals surface area contributed by atoms with E-state index in [0.717, 1.165) is 0 Å². The molecule has 1 aliphatic heterocycles. The van der Waals surface area contributed by atoms with E-state index in [1.807, 2.05) is 6.07 Å². The Morgan fingerprint density at radius 2 is 1.17 bits per heavy atom. The number of esters is 3. The highest BCUT2D eigenvalue weighted by Gasteiger charge is 2.51. The molecule has 8 nitrogen and oxygen atoms in total. The van der Waals surface area contributed by atoms with Gasteiger partial charge >= 0.3 is 17.9 Å². The van der Waals surface area contributed by atoms with Crippen LogP contribution in [0.5, 0.6) is 0 Å². The molecule has 175 valence electrons. The minimum atomic E-state index is -1.28. The van der Waals surface area contributed by atoms with Crippen molar-refractivity contribution in [2.45, 2.75) is 18.3 Å².